The van der Waals surface area contributed by atoms with E-state index in [1.165, 1.54) is 10.5 Å². The Morgan fingerprint density at radius 2 is 1.71 bits per heavy atom. The van der Waals surface area contributed by atoms with Crippen molar-refractivity contribution in [3.63, 3.8) is 0 Å². The number of ether oxygens (including phenoxy) is 1. The first kappa shape index (κ1) is 21.4. The van der Waals surface area contributed by atoms with Crippen molar-refractivity contribution in [3.8, 4) is 5.75 Å². The third kappa shape index (κ3) is 5.46. The van der Waals surface area contributed by atoms with E-state index in [4.69, 9.17) is 4.74 Å². The van der Waals surface area contributed by atoms with Crippen LogP contribution in [0.3, 0.4) is 0 Å². The molecule has 0 spiro atoms. The Balaban J connectivity index is 1.40. The second kappa shape index (κ2) is 9.54. The van der Waals surface area contributed by atoms with E-state index in [-0.39, 0.29) is 17.7 Å². The molecule has 1 aliphatic heterocycles. The maximum absolute atomic E-state index is 12.7. The van der Waals surface area contributed by atoms with Crippen LogP contribution in [0.1, 0.15) is 22.3 Å². The van der Waals surface area contributed by atoms with Gasteiger partial charge in [-0.3, -0.25) is 14.5 Å². The van der Waals surface area contributed by atoms with Crippen molar-refractivity contribution in [2.75, 3.05) is 0 Å². The first-order valence-corrected chi connectivity index (χ1v) is 11.4. The Kier molecular flexibility index (Phi) is 6.59. The van der Waals surface area contributed by atoms with Crippen LogP contribution >= 0.6 is 27.7 Å². The summed E-state index contributed by atoms with van der Waals surface area (Å²) in [6.45, 7) is 2.82. The van der Waals surface area contributed by atoms with Gasteiger partial charge in [-0.2, -0.15) is 0 Å². The molecule has 0 bridgehead atoms. The number of amides is 2. The molecule has 1 fully saturated rings. The van der Waals surface area contributed by atoms with Crippen molar-refractivity contribution >= 4 is 44.9 Å². The quantitative estimate of drug-likeness (QED) is 0.364. The summed E-state index contributed by atoms with van der Waals surface area (Å²) in [6.07, 6.45) is 1.75. The van der Waals surface area contributed by atoms with E-state index in [0.717, 1.165) is 38.7 Å². The van der Waals surface area contributed by atoms with E-state index >= 15 is 0 Å². The minimum absolute atomic E-state index is 0.253. The highest BCUT2D eigenvalue weighted by atomic mass is 79.9. The zero-order valence-electron chi connectivity index (χ0n) is 16.9. The molecule has 1 aliphatic rings. The number of halogens is 1. The lowest BCUT2D eigenvalue weighted by Crippen LogP contribution is -2.27. The maximum atomic E-state index is 12.7. The number of benzene rings is 3. The number of aryl methyl sites for hydroxylation is 1. The van der Waals surface area contributed by atoms with Gasteiger partial charge >= 0.3 is 0 Å². The van der Waals surface area contributed by atoms with Gasteiger partial charge in [-0.15, -0.1) is 0 Å². The Bertz CT molecular complexity index is 1140. The topological polar surface area (TPSA) is 46.6 Å². The van der Waals surface area contributed by atoms with Gasteiger partial charge in [0.2, 0.25) is 0 Å². The number of hydrogen-bond donors (Lipinski definition) is 0. The number of rotatable bonds is 6. The van der Waals surface area contributed by atoms with Crippen molar-refractivity contribution in [2.45, 2.75) is 20.1 Å². The molecule has 0 atom stereocenters. The Labute approximate surface area is 194 Å². The lowest BCUT2D eigenvalue weighted by molar-refractivity contribution is -0.123. The molecule has 0 saturated carbocycles. The third-order valence-corrected chi connectivity index (χ3v) is 6.23. The minimum Gasteiger partial charge on any atom is -0.489 e. The van der Waals surface area contributed by atoms with Gasteiger partial charge in [0.1, 0.15) is 12.4 Å². The van der Waals surface area contributed by atoms with E-state index in [0.29, 0.717) is 11.5 Å². The summed E-state index contributed by atoms with van der Waals surface area (Å²) in [7, 11) is 0. The number of imide groups is 1. The summed E-state index contributed by atoms with van der Waals surface area (Å²) in [5, 5.41) is -0.253. The molecule has 1 heterocycles. The van der Waals surface area contributed by atoms with E-state index in [2.05, 4.69) is 35.0 Å². The van der Waals surface area contributed by atoms with Crippen molar-refractivity contribution in [2.24, 2.45) is 0 Å². The van der Waals surface area contributed by atoms with E-state index < -0.39 is 0 Å². The molecule has 4 rings (SSSR count). The first-order valence-electron chi connectivity index (χ1n) is 9.76. The molecular formula is C25H20BrNO3S. The van der Waals surface area contributed by atoms with Gasteiger partial charge in [-0.1, -0.05) is 70.0 Å². The Hall–Kier alpha value is -2.83. The lowest BCUT2D eigenvalue weighted by atomic mass is 10.1. The molecule has 6 heteroatoms. The predicted octanol–water partition coefficient (Wildman–Crippen LogP) is 6.57. The average molecular weight is 494 g/mol. The molecule has 0 radical (unpaired) electrons. The highest BCUT2D eigenvalue weighted by Crippen LogP contribution is 2.33. The van der Waals surface area contributed by atoms with Crippen LogP contribution in [-0.2, 0) is 17.9 Å². The van der Waals surface area contributed by atoms with Gasteiger partial charge in [-0.25, -0.2) is 0 Å². The SMILES string of the molecule is Cc1cccc(COc2ccc(/C=C3\SC(=O)N(Cc4ccc(Br)cc4)C3=O)cc2)c1. The van der Waals surface area contributed by atoms with Crippen LogP contribution in [0.5, 0.6) is 5.75 Å². The summed E-state index contributed by atoms with van der Waals surface area (Å²) >= 11 is 4.36. The molecular weight excluding hydrogens is 474 g/mol. The monoisotopic (exact) mass is 493 g/mol. The van der Waals surface area contributed by atoms with Crippen molar-refractivity contribution in [3.05, 3.63) is 104 Å². The average Bonchev–Trinajstić information content (AvgIpc) is 3.02. The highest BCUT2D eigenvalue weighted by molar-refractivity contribution is 9.10. The van der Waals surface area contributed by atoms with Crippen LogP contribution in [0, 0.1) is 6.92 Å². The standard InChI is InChI=1S/C25H20BrNO3S/c1-17-3-2-4-20(13-17)16-30-22-11-7-18(8-12-22)14-23-24(28)27(25(29)31-23)15-19-5-9-21(26)10-6-19/h2-14H,15-16H2,1H3/b23-14-. The van der Waals surface area contributed by atoms with Crippen LogP contribution in [0.25, 0.3) is 6.08 Å². The smallest absolute Gasteiger partial charge is 0.293 e. The molecule has 0 aromatic heterocycles. The van der Waals surface area contributed by atoms with Gasteiger partial charge in [0.15, 0.2) is 0 Å². The second-order valence-corrected chi connectivity index (χ2v) is 9.15. The third-order valence-electron chi connectivity index (χ3n) is 4.79. The van der Waals surface area contributed by atoms with E-state index in [1.54, 1.807) is 6.08 Å². The molecule has 31 heavy (non-hydrogen) atoms. The largest absolute Gasteiger partial charge is 0.489 e. The molecule has 1 saturated heterocycles. The van der Waals surface area contributed by atoms with Gasteiger partial charge in [0.05, 0.1) is 11.4 Å². The van der Waals surface area contributed by atoms with Crippen LogP contribution in [0.2, 0.25) is 0 Å². The van der Waals surface area contributed by atoms with Gasteiger partial charge in [0.25, 0.3) is 11.1 Å². The van der Waals surface area contributed by atoms with Crippen molar-refractivity contribution in [1.29, 1.82) is 0 Å². The van der Waals surface area contributed by atoms with E-state index in [1.807, 2.05) is 60.7 Å². The number of thioether (sulfide) groups is 1. The fraction of sp³-hybridized carbons (Fsp3) is 0.120. The molecule has 2 amide bonds. The van der Waals surface area contributed by atoms with Gasteiger partial charge < -0.3 is 4.74 Å². The summed E-state index contributed by atoms with van der Waals surface area (Å²) in [5.41, 5.74) is 4.06. The number of hydrogen-bond acceptors (Lipinski definition) is 4. The van der Waals surface area contributed by atoms with Crippen LogP contribution in [0.15, 0.2) is 82.2 Å². The highest BCUT2D eigenvalue weighted by Gasteiger charge is 2.34. The lowest BCUT2D eigenvalue weighted by Gasteiger charge is -2.12. The Morgan fingerprint density at radius 1 is 0.968 bits per heavy atom. The van der Waals surface area contributed by atoms with Gasteiger partial charge in [-0.05, 0) is 65.7 Å². The van der Waals surface area contributed by atoms with E-state index in [9.17, 15) is 9.59 Å². The van der Waals surface area contributed by atoms with Crippen LogP contribution in [0.4, 0.5) is 4.79 Å². The zero-order chi connectivity index (χ0) is 21.8. The molecule has 4 nitrogen and oxygen atoms in total. The van der Waals surface area contributed by atoms with Crippen molar-refractivity contribution in [1.82, 2.24) is 4.90 Å². The number of carbonyl (C=O) groups is 2. The zero-order valence-corrected chi connectivity index (χ0v) is 19.3. The number of carbonyl (C=O) groups excluding carboxylic acids is 2. The number of nitrogens with zero attached hydrogens (tertiary/aromatic N) is 1. The summed E-state index contributed by atoms with van der Waals surface area (Å²) in [5.74, 6) is 0.486. The fourth-order valence-corrected chi connectivity index (χ4v) is 4.29. The molecule has 3 aromatic rings. The Morgan fingerprint density at radius 3 is 2.42 bits per heavy atom. The molecule has 0 aliphatic carbocycles. The molecule has 0 N–H and O–H groups in total. The van der Waals surface area contributed by atoms with Gasteiger partial charge in [0, 0.05) is 4.47 Å². The fourth-order valence-electron chi connectivity index (χ4n) is 3.19. The maximum Gasteiger partial charge on any atom is 0.293 e. The van der Waals surface area contributed by atoms with Crippen LogP contribution < -0.4 is 4.74 Å². The normalized spacial score (nSPS) is 15.0. The van der Waals surface area contributed by atoms with Crippen molar-refractivity contribution < 1.29 is 14.3 Å². The summed E-state index contributed by atoms with van der Waals surface area (Å²) < 4.78 is 6.80. The van der Waals surface area contributed by atoms with Crippen LogP contribution in [-0.4, -0.2) is 16.0 Å². The summed E-state index contributed by atoms with van der Waals surface area (Å²) in [6, 6.07) is 23.3. The molecule has 3 aromatic carbocycles. The molecule has 0 unspecified atom stereocenters. The summed E-state index contributed by atoms with van der Waals surface area (Å²) in [4.78, 5) is 26.8. The first-order chi connectivity index (χ1) is 15.0. The second-order valence-electron chi connectivity index (χ2n) is 7.24. The minimum atomic E-state index is -0.266. The molecule has 156 valence electrons. The predicted molar refractivity (Wildman–Crippen MR) is 128 cm³/mol.